The zero-order valence-electron chi connectivity index (χ0n) is 22.5. The molecule has 194 valence electrons. The Morgan fingerprint density at radius 3 is 2.38 bits per heavy atom. The number of nitrogens with zero attached hydrogens (tertiary/aromatic N) is 5. The van der Waals surface area contributed by atoms with Gasteiger partial charge in [0, 0.05) is 42.3 Å². The highest BCUT2D eigenvalue weighted by atomic mass is 16.3. The number of rotatable bonds is 5. The number of aromatic amines is 1. The average molecular weight is 500 g/mol. The van der Waals surface area contributed by atoms with Crippen LogP contribution in [0.1, 0.15) is 69.1 Å². The number of hydrogen-bond acceptors (Lipinski definition) is 7. The van der Waals surface area contributed by atoms with Crippen molar-refractivity contribution in [1.82, 2.24) is 30.5 Å². The zero-order chi connectivity index (χ0) is 26.4. The van der Waals surface area contributed by atoms with E-state index < -0.39 is 5.41 Å². The molecule has 5 rings (SSSR count). The van der Waals surface area contributed by atoms with E-state index in [-0.39, 0.29) is 22.8 Å². The second kappa shape index (κ2) is 9.10. The largest absolute Gasteiger partial charge is 0.512 e. The maximum Gasteiger partial charge on any atom is 0.151 e. The monoisotopic (exact) mass is 499 g/mol. The van der Waals surface area contributed by atoms with Crippen LogP contribution in [0.15, 0.2) is 67.0 Å². The molecule has 0 radical (unpaired) electrons. The molecule has 1 fully saturated rings. The number of aliphatic hydroxyl groups excluding tert-OH is 1. The molecule has 1 saturated heterocycles. The Labute approximate surface area is 219 Å². The molecule has 2 unspecified atom stereocenters. The van der Waals surface area contributed by atoms with Crippen molar-refractivity contribution in [2.45, 2.75) is 75.9 Å². The van der Waals surface area contributed by atoms with Crippen molar-refractivity contribution in [2.24, 2.45) is 0 Å². The van der Waals surface area contributed by atoms with E-state index in [2.05, 4.69) is 76.2 Å². The van der Waals surface area contributed by atoms with E-state index in [1.54, 1.807) is 12.5 Å². The van der Waals surface area contributed by atoms with Gasteiger partial charge in [-0.1, -0.05) is 12.2 Å². The lowest BCUT2D eigenvalue weighted by atomic mass is 9.73. The van der Waals surface area contributed by atoms with Crippen molar-refractivity contribution < 1.29 is 5.11 Å². The van der Waals surface area contributed by atoms with Crippen molar-refractivity contribution in [1.29, 1.82) is 0 Å². The number of hydrogen-bond donors (Lipinski definition) is 3. The molecule has 8 heteroatoms. The van der Waals surface area contributed by atoms with Crippen LogP contribution in [0.5, 0.6) is 0 Å². The van der Waals surface area contributed by atoms with Gasteiger partial charge >= 0.3 is 0 Å². The summed E-state index contributed by atoms with van der Waals surface area (Å²) in [5.41, 5.74) is 2.80. The van der Waals surface area contributed by atoms with E-state index in [4.69, 9.17) is 0 Å². The van der Waals surface area contributed by atoms with Gasteiger partial charge in [0.25, 0.3) is 0 Å². The van der Waals surface area contributed by atoms with Gasteiger partial charge in [-0.15, -0.1) is 5.10 Å². The molecule has 1 aliphatic heterocycles. The number of nitrogens with one attached hydrogen (secondary N) is 2. The van der Waals surface area contributed by atoms with Crippen molar-refractivity contribution in [3.05, 3.63) is 89.6 Å². The van der Waals surface area contributed by atoms with Crippen LogP contribution >= 0.6 is 0 Å². The Hall–Kier alpha value is -3.52. The van der Waals surface area contributed by atoms with E-state index in [0.717, 1.165) is 35.6 Å². The normalized spacial score (nSPS) is 25.0. The Kier molecular flexibility index (Phi) is 6.18. The van der Waals surface area contributed by atoms with Crippen molar-refractivity contribution in [2.75, 3.05) is 11.9 Å². The predicted octanol–water partition coefficient (Wildman–Crippen LogP) is 4.73. The number of aromatic nitrogens is 5. The summed E-state index contributed by atoms with van der Waals surface area (Å²) in [6.45, 7) is 11.0. The Bertz CT molecular complexity index is 1290. The van der Waals surface area contributed by atoms with Gasteiger partial charge in [0.2, 0.25) is 0 Å². The summed E-state index contributed by atoms with van der Waals surface area (Å²) in [5, 5.41) is 24.1. The molecule has 3 aromatic heterocycles. The topological polar surface area (TPSA) is 103 Å². The van der Waals surface area contributed by atoms with Crippen LogP contribution in [0.2, 0.25) is 0 Å². The number of pyridine rings is 1. The van der Waals surface area contributed by atoms with Gasteiger partial charge in [-0.2, -0.15) is 5.10 Å². The van der Waals surface area contributed by atoms with Gasteiger partial charge in [0.05, 0.1) is 29.0 Å². The first-order valence-electron chi connectivity index (χ1n) is 12.9. The highest BCUT2D eigenvalue weighted by Crippen LogP contribution is 2.42. The fourth-order valence-corrected chi connectivity index (χ4v) is 6.16. The molecule has 0 aromatic carbocycles. The fraction of sp³-hybridized carbons (Fsp3) is 0.448. The summed E-state index contributed by atoms with van der Waals surface area (Å²) in [7, 11) is 2.10. The van der Waals surface area contributed by atoms with Gasteiger partial charge in [-0.3, -0.25) is 4.98 Å². The molecule has 1 aliphatic carbocycles. The third-order valence-corrected chi connectivity index (χ3v) is 7.61. The highest BCUT2D eigenvalue weighted by Gasteiger charge is 2.40. The first kappa shape index (κ1) is 25.1. The number of aryl methyl sites for hydroxylation is 1. The molecule has 0 amide bonds. The molecule has 3 N–H and O–H groups in total. The van der Waals surface area contributed by atoms with Crippen LogP contribution < -0.4 is 10.2 Å². The molecule has 8 nitrogen and oxygen atoms in total. The van der Waals surface area contributed by atoms with Crippen molar-refractivity contribution in [3.63, 3.8) is 0 Å². The lowest BCUT2D eigenvalue weighted by Crippen LogP contribution is -2.62. The van der Waals surface area contributed by atoms with Crippen LogP contribution in [0.3, 0.4) is 0 Å². The van der Waals surface area contributed by atoms with E-state index in [0.29, 0.717) is 11.7 Å². The van der Waals surface area contributed by atoms with E-state index in [1.165, 1.54) is 0 Å². The molecular weight excluding hydrogens is 462 g/mol. The fourth-order valence-electron chi connectivity index (χ4n) is 6.16. The molecule has 0 spiro atoms. The number of allylic oxidation sites excluding steroid dienone is 3. The summed E-state index contributed by atoms with van der Waals surface area (Å²) in [6, 6.07) is 8.31. The average Bonchev–Trinajstić information content (AvgIpc) is 3.37. The van der Waals surface area contributed by atoms with E-state index >= 15 is 0 Å². The molecule has 4 heterocycles. The van der Waals surface area contributed by atoms with E-state index in [1.807, 2.05) is 49.5 Å². The summed E-state index contributed by atoms with van der Waals surface area (Å²) >= 11 is 0. The van der Waals surface area contributed by atoms with E-state index in [9.17, 15) is 5.11 Å². The standard InChI is InChI=1S/C29H37N7O/c1-19-13-20(10-12-31-19)29(25-17-30-18-32-25)11-9-22(24(37)16-29)23-7-8-26(34-33-23)36(6)21-14-27(2,3)35-28(4,5)15-21/h7-13,16-18,21-22,35,37H,14-15H2,1-6H3,(H,30,32). The van der Waals surface area contributed by atoms with Crippen molar-refractivity contribution in [3.8, 4) is 0 Å². The maximum absolute atomic E-state index is 11.3. The first-order valence-corrected chi connectivity index (χ1v) is 12.9. The molecule has 0 saturated carbocycles. The Balaban J connectivity index is 1.41. The van der Waals surface area contributed by atoms with Gasteiger partial charge in [-0.25, -0.2) is 4.98 Å². The van der Waals surface area contributed by atoms with Gasteiger partial charge in [0.15, 0.2) is 5.82 Å². The van der Waals surface area contributed by atoms with Gasteiger partial charge in [-0.05, 0) is 83.4 Å². The Morgan fingerprint density at radius 1 is 1.03 bits per heavy atom. The number of anilines is 1. The molecule has 2 aliphatic rings. The zero-order valence-corrected chi connectivity index (χ0v) is 22.5. The smallest absolute Gasteiger partial charge is 0.151 e. The molecule has 37 heavy (non-hydrogen) atoms. The maximum atomic E-state index is 11.3. The third kappa shape index (κ3) is 4.90. The highest BCUT2D eigenvalue weighted by molar-refractivity contribution is 5.51. The minimum atomic E-state index is -0.698. The number of piperidine rings is 1. The summed E-state index contributed by atoms with van der Waals surface area (Å²) in [5.74, 6) is 0.680. The van der Waals surface area contributed by atoms with Crippen LogP contribution in [0, 0.1) is 6.92 Å². The molecule has 0 bridgehead atoms. The SMILES string of the molecule is Cc1cc(C2(c3c[nH]cn3)C=CC(c3ccc(N(C)C4CC(C)(C)NC(C)(C)C4)nn3)C(O)=C2)ccn1. The minimum Gasteiger partial charge on any atom is -0.512 e. The first-order chi connectivity index (χ1) is 17.5. The van der Waals surface area contributed by atoms with Gasteiger partial charge in [0.1, 0.15) is 5.76 Å². The third-order valence-electron chi connectivity index (χ3n) is 7.61. The Morgan fingerprint density at radius 2 is 1.78 bits per heavy atom. The van der Waals surface area contributed by atoms with Crippen molar-refractivity contribution >= 4 is 5.82 Å². The van der Waals surface area contributed by atoms with Gasteiger partial charge < -0.3 is 20.3 Å². The summed E-state index contributed by atoms with van der Waals surface area (Å²) in [4.78, 5) is 14.1. The lowest BCUT2D eigenvalue weighted by molar-refractivity contribution is 0.160. The number of aliphatic hydroxyl groups is 1. The minimum absolute atomic E-state index is 0.0473. The second-order valence-corrected chi connectivity index (χ2v) is 11.8. The molecule has 2 atom stereocenters. The molecular formula is C29H37N7O. The number of H-pyrrole nitrogens is 1. The van der Waals surface area contributed by atoms with Crippen LogP contribution in [-0.4, -0.2) is 54.4 Å². The number of imidazole rings is 1. The van der Waals surface area contributed by atoms with Crippen LogP contribution in [0.25, 0.3) is 0 Å². The second-order valence-electron chi connectivity index (χ2n) is 11.8. The van der Waals surface area contributed by atoms with Crippen LogP contribution in [-0.2, 0) is 5.41 Å². The summed E-state index contributed by atoms with van der Waals surface area (Å²) in [6.07, 6.45) is 13.3. The quantitative estimate of drug-likeness (QED) is 0.436. The summed E-state index contributed by atoms with van der Waals surface area (Å²) < 4.78 is 0. The predicted molar refractivity (Wildman–Crippen MR) is 146 cm³/mol. The van der Waals surface area contributed by atoms with Crippen LogP contribution in [0.4, 0.5) is 5.82 Å². The molecule has 3 aromatic rings. The lowest BCUT2D eigenvalue weighted by Gasteiger charge is -2.49.